The molecule has 1 aliphatic heterocycles. The second-order valence-electron chi connectivity index (χ2n) is 6.47. The Morgan fingerprint density at radius 3 is 2.44 bits per heavy atom. The maximum absolute atomic E-state index is 12.3. The normalized spacial score (nSPS) is 13.8. The van der Waals surface area contributed by atoms with Crippen molar-refractivity contribution in [2.24, 2.45) is 0 Å². The SMILES string of the molecule is COC(=O)/C(=C/c1ccccc1NC(=O)Nc1ccc(C)cc1)CN1CC1. The van der Waals surface area contributed by atoms with Crippen LogP contribution >= 0.6 is 0 Å². The molecule has 1 aliphatic rings. The average Bonchev–Trinajstić information content (AvgIpc) is 3.48. The van der Waals surface area contributed by atoms with Gasteiger partial charge in [0.15, 0.2) is 0 Å². The summed E-state index contributed by atoms with van der Waals surface area (Å²) in [5.41, 5.74) is 3.76. The van der Waals surface area contributed by atoms with Gasteiger partial charge < -0.3 is 15.4 Å². The zero-order chi connectivity index (χ0) is 19.2. The Morgan fingerprint density at radius 1 is 1.07 bits per heavy atom. The van der Waals surface area contributed by atoms with E-state index in [-0.39, 0.29) is 12.0 Å². The van der Waals surface area contributed by atoms with Gasteiger partial charge in [0.1, 0.15) is 0 Å². The van der Waals surface area contributed by atoms with Gasteiger partial charge in [-0.05, 0) is 36.8 Å². The van der Waals surface area contributed by atoms with Crippen LogP contribution in [-0.4, -0.2) is 43.6 Å². The lowest BCUT2D eigenvalue weighted by Gasteiger charge is -2.12. The first-order valence-corrected chi connectivity index (χ1v) is 8.80. The number of carbonyl (C=O) groups excluding carboxylic acids is 2. The van der Waals surface area contributed by atoms with E-state index in [1.54, 1.807) is 12.1 Å². The molecule has 0 radical (unpaired) electrons. The number of amides is 2. The van der Waals surface area contributed by atoms with Gasteiger partial charge in [0.05, 0.1) is 12.7 Å². The van der Waals surface area contributed by atoms with Crippen LogP contribution in [0.4, 0.5) is 16.2 Å². The molecule has 0 spiro atoms. The van der Waals surface area contributed by atoms with Gasteiger partial charge in [-0.15, -0.1) is 0 Å². The number of esters is 1. The van der Waals surface area contributed by atoms with Crippen LogP contribution in [0.3, 0.4) is 0 Å². The minimum atomic E-state index is -0.360. The van der Waals surface area contributed by atoms with E-state index in [1.165, 1.54) is 7.11 Å². The quantitative estimate of drug-likeness (QED) is 0.467. The number of benzene rings is 2. The van der Waals surface area contributed by atoms with E-state index in [0.717, 1.165) is 24.2 Å². The molecular formula is C21H23N3O3. The Bertz CT molecular complexity index is 855. The number of hydrogen-bond acceptors (Lipinski definition) is 4. The molecule has 140 valence electrons. The summed E-state index contributed by atoms with van der Waals surface area (Å²) >= 11 is 0. The monoisotopic (exact) mass is 365 g/mol. The fourth-order valence-corrected chi connectivity index (χ4v) is 2.62. The van der Waals surface area contributed by atoms with Crippen molar-refractivity contribution in [1.29, 1.82) is 0 Å². The highest BCUT2D eigenvalue weighted by atomic mass is 16.5. The van der Waals surface area contributed by atoms with Gasteiger partial charge >= 0.3 is 12.0 Å². The molecule has 0 atom stereocenters. The van der Waals surface area contributed by atoms with E-state index in [0.29, 0.717) is 23.5 Å². The van der Waals surface area contributed by atoms with Gasteiger partial charge in [-0.2, -0.15) is 0 Å². The maximum Gasteiger partial charge on any atom is 0.335 e. The minimum Gasteiger partial charge on any atom is -0.466 e. The molecule has 1 fully saturated rings. The van der Waals surface area contributed by atoms with Crippen molar-refractivity contribution >= 4 is 29.5 Å². The molecule has 1 saturated heterocycles. The topological polar surface area (TPSA) is 70.4 Å². The molecule has 0 aliphatic carbocycles. The molecule has 2 aromatic rings. The molecule has 2 amide bonds. The number of methoxy groups -OCH3 is 1. The van der Waals surface area contributed by atoms with Crippen molar-refractivity contribution in [2.45, 2.75) is 6.92 Å². The highest BCUT2D eigenvalue weighted by Gasteiger charge is 2.22. The molecule has 3 rings (SSSR count). The standard InChI is InChI=1S/C21H23N3O3/c1-15-7-9-18(10-8-15)22-21(26)23-19-6-4-3-5-16(19)13-17(20(25)27-2)14-24-11-12-24/h3-10,13H,11-12,14H2,1-2H3,(H2,22,23,26)/b17-13+. The number of nitrogens with zero attached hydrogens (tertiary/aromatic N) is 1. The van der Waals surface area contributed by atoms with Crippen molar-refractivity contribution in [3.05, 3.63) is 65.2 Å². The summed E-state index contributed by atoms with van der Waals surface area (Å²) in [6, 6.07) is 14.6. The van der Waals surface area contributed by atoms with Gasteiger partial charge in [0, 0.05) is 31.0 Å². The van der Waals surface area contributed by atoms with Crippen LogP contribution in [0.1, 0.15) is 11.1 Å². The Labute approximate surface area is 158 Å². The van der Waals surface area contributed by atoms with Gasteiger partial charge in [-0.3, -0.25) is 4.90 Å². The average molecular weight is 365 g/mol. The van der Waals surface area contributed by atoms with Crippen LogP contribution < -0.4 is 10.6 Å². The third kappa shape index (κ3) is 5.43. The van der Waals surface area contributed by atoms with Crippen molar-refractivity contribution in [3.63, 3.8) is 0 Å². The Morgan fingerprint density at radius 2 is 1.78 bits per heavy atom. The molecule has 0 saturated carbocycles. The summed E-state index contributed by atoms with van der Waals surface area (Å²) in [6.07, 6.45) is 1.77. The van der Waals surface area contributed by atoms with Crippen LogP contribution in [-0.2, 0) is 9.53 Å². The van der Waals surface area contributed by atoms with Crippen molar-refractivity contribution in [2.75, 3.05) is 37.4 Å². The van der Waals surface area contributed by atoms with Crippen molar-refractivity contribution < 1.29 is 14.3 Å². The fourth-order valence-electron chi connectivity index (χ4n) is 2.62. The van der Waals surface area contributed by atoms with E-state index in [1.807, 2.05) is 49.4 Å². The van der Waals surface area contributed by atoms with Gasteiger partial charge in [-0.25, -0.2) is 9.59 Å². The molecule has 2 aromatic carbocycles. The van der Waals surface area contributed by atoms with Crippen LogP contribution in [0.2, 0.25) is 0 Å². The van der Waals surface area contributed by atoms with Gasteiger partial charge in [0.25, 0.3) is 0 Å². The van der Waals surface area contributed by atoms with E-state index >= 15 is 0 Å². The summed E-state index contributed by atoms with van der Waals surface area (Å²) in [6.45, 7) is 4.49. The molecule has 0 unspecified atom stereocenters. The van der Waals surface area contributed by atoms with E-state index < -0.39 is 0 Å². The fraction of sp³-hybridized carbons (Fsp3) is 0.238. The molecule has 6 nitrogen and oxygen atoms in total. The summed E-state index contributed by atoms with van der Waals surface area (Å²) in [5.74, 6) is -0.360. The number of nitrogens with one attached hydrogen (secondary N) is 2. The van der Waals surface area contributed by atoms with Crippen LogP contribution in [0.25, 0.3) is 6.08 Å². The third-order valence-electron chi connectivity index (χ3n) is 4.23. The lowest BCUT2D eigenvalue weighted by Crippen LogP contribution is -2.20. The predicted molar refractivity (Wildman–Crippen MR) is 107 cm³/mol. The molecular weight excluding hydrogens is 342 g/mol. The predicted octanol–water partition coefficient (Wildman–Crippen LogP) is 3.51. The Hall–Kier alpha value is -3.12. The summed E-state index contributed by atoms with van der Waals surface area (Å²) in [5, 5.41) is 5.65. The summed E-state index contributed by atoms with van der Waals surface area (Å²) < 4.78 is 4.89. The van der Waals surface area contributed by atoms with Gasteiger partial charge in [0.2, 0.25) is 0 Å². The largest absolute Gasteiger partial charge is 0.466 e. The minimum absolute atomic E-state index is 0.342. The summed E-state index contributed by atoms with van der Waals surface area (Å²) in [4.78, 5) is 26.5. The summed E-state index contributed by atoms with van der Waals surface area (Å²) in [7, 11) is 1.37. The van der Waals surface area contributed by atoms with E-state index in [4.69, 9.17) is 4.74 Å². The Balaban J connectivity index is 1.76. The maximum atomic E-state index is 12.3. The molecule has 1 heterocycles. The second-order valence-corrected chi connectivity index (χ2v) is 6.47. The van der Waals surface area contributed by atoms with E-state index in [2.05, 4.69) is 15.5 Å². The van der Waals surface area contributed by atoms with Crippen LogP contribution in [0.5, 0.6) is 0 Å². The number of anilines is 2. The number of hydrogen-bond donors (Lipinski definition) is 2. The van der Waals surface area contributed by atoms with Crippen LogP contribution in [0.15, 0.2) is 54.1 Å². The van der Waals surface area contributed by atoms with Crippen LogP contribution in [0, 0.1) is 6.92 Å². The zero-order valence-corrected chi connectivity index (χ0v) is 15.5. The second kappa shape index (κ2) is 8.51. The smallest absolute Gasteiger partial charge is 0.335 e. The molecule has 0 aromatic heterocycles. The lowest BCUT2D eigenvalue weighted by atomic mass is 10.1. The number of ether oxygens (including phenoxy) is 1. The third-order valence-corrected chi connectivity index (χ3v) is 4.23. The molecule has 0 bridgehead atoms. The van der Waals surface area contributed by atoms with E-state index in [9.17, 15) is 9.59 Å². The number of para-hydroxylation sites is 1. The highest BCUT2D eigenvalue weighted by molar-refractivity contribution is 6.02. The number of aryl methyl sites for hydroxylation is 1. The first kappa shape index (κ1) is 18.7. The number of carbonyl (C=O) groups is 2. The number of urea groups is 1. The number of rotatable bonds is 6. The molecule has 6 heteroatoms. The van der Waals surface area contributed by atoms with Gasteiger partial charge in [-0.1, -0.05) is 35.9 Å². The zero-order valence-electron chi connectivity index (χ0n) is 15.5. The molecule has 27 heavy (non-hydrogen) atoms. The molecule has 2 N–H and O–H groups in total. The lowest BCUT2D eigenvalue weighted by molar-refractivity contribution is -0.136. The Kier molecular flexibility index (Phi) is 5.88. The van der Waals surface area contributed by atoms with Crippen molar-refractivity contribution in [3.8, 4) is 0 Å². The first-order valence-electron chi connectivity index (χ1n) is 8.80. The highest BCUT2D eigenvalue weighted by Crippen LogP contribution is 2.21. The first-order chi connectivity index (χ1) is 13.0. The van der Waals surface area contributed by atoms with Crippen molar-refractivity contribution in [1.82, 2.24) is 4.90 Å².